The second kappa shape index (κ2) is 8.54. The molecule has 2 heterocycles. The van der Waals surface area contributed by atoms with Gasteiger partial charge < -0.3 is 10.6 Å². The quantitative estimate of drug-likeness (QED) is 0.263. The summed E-state index contributed by atoms with van der Waals surface area (Å²) >= 11 is 2.38. The summed E-state index contributed by atoms with van der Waals surface area (Å²) in [6.07, 6.45) is 8.51. The fraction of sp³-hybridized carbons (Fsp3) is 0.789. The lowest BCUT2D eigenvalue weighted by Gasteiger charge is -2.34. The number of carbonyl (C=O) groups is 4. The lowest BCUT2D eigenvalue weighted by molar-refractivity contribution is -0.126. The van der Waals surface area contributed by atoms with Crippen LogP contribution in [0.15, 0.2) is 0 Å². The molecule has 28 heavy (non-hydrogen) atoms. The van der Waals surface area contributed by atoms with Gasteiger partial charge >= 0.3 is 12.1 Å². The number of hydrogen-bond donors (Lipinski definition) is 4. The number of nitrogens with one attached hydrogen (secondary N) is 4. The molecule has 2 saturated carbocycles. The van der Waals surface area contributed by atoms with Crippen molar-refractivity contribution in [1.82, 2.24) is 21.3 Å². The van der Waals surface area contributed by atoms with Crippen LogP contribution in [0.4, 0.5) is 9.59 Å². The molecule has 4 rings (SSSR count). The van der Waals surface area contributed by atoms with Crippen molar-refractivity contribution in [2.75, 3.05) is 4.43 Å². The number of urea groups is 2. The lowest BCUT2D eigenvalue weighted by Crippen LogP contribution is -2.49. The van der Waals surface area contributed by atoms with Gasteiger partial charge in [0.2, 0.25) is 0 Å². The molecule has 9 heteroatoms. The fourth-order valence-electron chi connectivity index (χ4n) is 4.66. The van der Waals surface area contributed by atoms with Crippen molar-refractivity contribution in [3.63, 3.8) is 0 Å². The Hall–Kier alpha value is -1.39. The van der Waals surface area contributed by atoms with E-state index >= 15 is 0 Å². The summed E-state index contributed by atoms with van der Waals surface area (Å²) in [7, 11) is 0. The van der Waals surface area contributed by atoms with Gasteiger partial charge in [-0.05, 0) is 63.2 Å². The first-order valence-corrected chi connectivity index (χ1v) is 11.7. The average Bonchev–Trinajstić information content (AvgIpc) is 3.11. The van der Waals surface area contributed by atoms with Crippen LogP contribution in [0.1, 0.15) is 64.7 Å². The molecule has 2 spiro atoms. The van der Waals surface area contributed by atoms with E-state index < -0.39 is 11.1 Å². The summed E-state index contributed by atoms with van der Waals surface area (Å²) in [4.78, 5) is 45.2. The smallest absolute Gasteiger partial charge is 0.322 e. The van der Waals surface area contributed by atoms with Crippen LogP contribution < -0.4 is 21.3 Å². The monoisotopic (exact) mass is 504 g/mol. The maximum absolute atomic E-state index is 11.6. The van der Waals surface area contributed by atoms with Crippen molar-refractivity contribution in [2.45, 2.75) is 75.8 Å². The third kappa shape index (κ3) is 4.28. The van der Waals surface area contributed by atoms with Gasteiger partial charge in [0.1, 0.15) is 11.1 Å². The lowest BCUT2D eigenvalue weighted by atomic mass is 9.76. The van der Waals surface area contributed by atoms with Gasteiger partial charge in [-0.25, -0.2) is 9.59 Å². The highest BCUT2D eigenvalue weighted by Crippen LogP contribution is 2.36. The minimum absolute atomic E-state index is 0.128. The number of halogens is 1. The molecule has 2 aliphatic heterocycles. The molecule has 4 N–H and O–H groups in total. The van der Waals surface area contributed by atoms with Gasteiger partial charge in [0, 0.05) is 4.43 Å². The Kier molecular flexibility index (Phi) is 6.51. The Balaban J connectivity index is 0.000000161. The van der Waals surface area contributed by atoms with Crippen molar-refractivity contribution >= 4 is 46.5 Å². The van der Waals surface area contributed by atoms with E-state index in [0.717, 1.165) is 61.7 Å². The van der Waals surface area contributed by atoms with E-state index in [2.05, 4.69) is 50.8 Å². The summed E-state index contributed by atoms with van der Waals surface area (Å²) in [5.74, 6) is 1.18. The largest absolute Gasteiger partial charge is 0.323 e. The summed E-state index contributed by atoms with van der Waals surface area (Å²) in [5, 5.41) is 10.2. The molecule has 0 unspecified atom stereocenters. The van der Waals surface area contributed by atoms with Crippen LogP contribution in [0.25, 0.3) is 0 Å². The van der Waals surface area contributed by atoms with E-state index in [1.807, 2.05) is 0 Å². The average molecular weight is 504 g/mol. The third-order valence-electron chi connectivity index (χ3n) is 6.74. The minimum atomic E-state index is -0.570. The van der Waals surface area contributed by atoms with Gasteiger partial charge in [0.15, 0.2) is 0 Å². The normalized spacial score (nSPS) is 37.1. The molecule has 0 radical (unpaired) electrons. The first-order valence-electron chi connectivity index (χ1n) is 10.2. The zero-order valence-corrected chi connectivity index (χ0v) is 18.4. The van der Waals surface area contributed by atoms with Crippen LogP contribution in [0.5, 0.6) is 0 Å². The zero-order chi connectivity index (χ0) is 20.4. The second-order valence-electron chi connectivity index (χ2n) is 8.43. The molecule has 4 fully saturated rings. The van der Waals surface area contributed by atoms with Crippen molar-refractivity contribution in [3.8, 4) is 0 Å². The maximum atomic E-state index is 11.6. The van der Waals surface area contributed by atoms with E-state index in [0.29, 0.717) is 5.92 Å². The van der Waals surface area contributed by atoms with E-state index in [4.69, 9.17) is 0 Å². The predicted molar refractivity (Wildman–Crippen MR) is 112 cm³/mol. The number of imide groups is 2. The number of alkyl halides is 1. The van der Waals surface area contributed by atoms with E-state index in [9.17, 15) is 19.2 Å². The molecular formula is C19H29IN4O4. The summed E-state index contributed by atoms with van der Waals surface area (Å²) in [6.45, 7) is 2.18. The predicted octanol–water partition coefficient (Wildman–Crippen LogP) is 2.35. The molecule has 4 aliphatic rings. The van der Waals surface area contributed by atoms with Crippen LogP contribution in [0, 0.1) is 11.8 Å². The van der Waals surface area contributed by atoms with E-state index in [-0.39, 0.29) is 23.9 Å². The van der Waals surface area contributed by atoms with Crippen molar-refractivity contribution in [1.29, 1.82) is 0 Å². The SMILES string of the molecule is CCC1CCC2(CC1)NC(=O)NC2=O.O=C1NC(=O)C2(CCC(CI)CC2)N1. The Morgan fingerprint density at radius 1 is 0.786 bits per heavy atom. The number of rotatable bonds is 2. The van der Waals surface area contributed by atoms with Gasteiger partial charge in [-0.1, -0.05) is 35.9 Å². The Bertz CT molecular complexity index is 596. The molecule has 0 aromatic heterocycles. The van der Waals surface area contributed by atoms with E-state index in [1.165, 1.54) is 6.42 Å². The molecule has 2 saturated heterocycles. The van der Waals surface area contributed by atoms with Crippen molar-refractivity contribution in [2.24, 2.45) is 11.8 Å². The van der Waals surface area contributed by atoms with Crippen LogP contribution in [0.2, 0.25) is 0 Å². The number of hydrogen-bond acceptors (Lipinski definition) is 4. The maximum Gasteiger partial charge on any atom is 0.322 e. The highest BCUT2D eigenvalue weighted by molar-refractivity contribution is 14.1. The molecule has 0 atom stereocenters. The van der Waals surface area contributed by atoms with Gasteiger partial charge in [0.05, 0.1) is 0 Å². The molecule has 8 nitrogen and oxygen atoms in total. The Labute approximate surface area is 178 Å². The molecular weight excluding hydrogens is 475 g/mol. The highest BCUT2D eigenvalue weighted by atomic mass is 127. The molecule has 6 amide bonds. The van der Waals surface area contributed by atoms with Crippen LogP contribution in [-0.2, 0) is 9.59 Å². The molecule has 0 aromatic rings. The van der Waals surface area contributed by atoms with Gasteiger partial charge in [-0.2, -0.15) is 0 Å². The van der Waals surface area contributed by atoms with Gasteiger partial charge in [-0.15, -0.1) is 0 Å². The molecule has 156 valence electrons. The van der Waals surface area contributed by atoms with Crippen LogP contribution in [0.3, 0.4) is 0 Å². The topological polar surface area (TPSA) is 116 Å². The first kappa shape index (κ1) is 21.3. The number of carbonyl (C=O) groups excluding carboxylic acids is 4. The second-order valence-corrected chi connectivity index (χ2v) is 9.31. The molecule has 2 aliphatic carbocycles. The van der Waals surface area contributed by atoms with E-state index in [1.54, 1.807) is 0 Å². The Morgan fingerprint density at radius 2 is 1.18 bits per heavy atom. The Morgan fingerprint density at radius 3 is 1.46 bits per heavy atom. The summed E-state index contributed by atoms with van der Waals surface area (Å²) in [6, 6.07) is -0.659. The zero-order valence-electron chi connectivity index (χ0n) is 16.2. The number of amides is 6. The van der Waals surface area contributed by atoms with Crippen molar-refractivity contribution in [3.05, 3.63) is 0 Å². The summed E-state index contributed by atoms with van der Waals surface area (Å²) in [5.41, 5.74) is -1.14. The minimum Gasteiger partial charge on any atom is -0.323 e. The first-order chi connectivity index (χ1) is 13.3. The van der Waals surface area contributed by atoms with Gasteiger partial charge in [0.25, 0.3) is 11.8 Å². The fourth-order valence-corrected chi connectivity index (χ4v) is 5.54. The van der Waals surface area contributed by atoms with Crippen LogP contribution >= 0.6 is 22.6 Å². The van der Waals surface area contributed by atoms with Crippen LogP contribution in [-0.4, -0.2) is 39.4 Å². The van der Waals surface area contributed by atoms with Crippen molar-refractivity contribution < 1.29 is 19.2 Å². The van der Waals surface area contributed by atoms with Gasteiger partial charge in [-0.3, -0.25) is 20.2 Å². The standard InChI is InChI=1S/C10H16N2O2.C9H13IN2O2/c1-2-7-3-5-10(6-4-7)8(13)11-9(14)12-10;10-5-6-1-3-9(4-2-6)7(13)11-8(14)12-9/h7H,2-6H2,1H3,(H2,11,12,13,14);6H,1-5H2,(H2,11,12,13,14). The highest BCUT2D eigenvalue weighted by Gasteiger charge is 2.48. The molecule has 0 aromatic carbocycles. The molecule has 0 bridgehead atoms. The summed E-state index contributed by atoms with van der Waals surface area (Å²) < 4.78 is 1.14. The third-order valence-corrected chi connectivity index (χ3v) is 7.99.